The Morgan fingerprint density at radius 2 is 2.00 bits per heavy atom. The molecule has 29 heavy (non-hydrogen) atoms. The molecule has 2 fully saturated rings. The van der Waals surface area contributed by atoms with Crippen molar-refractivity contribution in [1.82, 2.24) is 34.4 Å². The minimum atomic E-state index is -3.61. The molecule has 0 spiro atoms. The van der Waals surface area contributed by atoms with E-state index >= 15 is 0 Å². The molecule has 2 saturated heterocycles. The van der Waals surface area contributed by atoms with Gasteiger partial charge in [-0.1, -0.05) is 5.16 Å². The highest BCUT2D eigenvalue weighted by molar-refractivity contribution is 7.89. The number of likely N-dealkylation sites (tertiary alicyclic amines) is 1. The van der Waals surface area contributed by atoms with Crippen molar-refractivity contribution in [2.75, 3.05) is 26.7 Å². The van der Waals surface area contributed by atoms with Gasteiger partial charge < -0.3 is 14.7 Å². The van der Waals surface area contributed by atoms with Crippen molar-refractivity contribution >= 4 is 16.1 Å². The maximum atomic E-state index is 13.0. The number of urea groups is 1. The fourth-order valence-corrected chi connectivity index (χ4v) is 5.94. The van der Waals surface area contributed by atoms with E-state index in [9.17, 15) is 13.2 Å². The second-order valence-corrected chi connectivity index (χ2v) is 9.41. The molecule has 0 aliphatic carbocycles. The predicted octanol–water partition coefficient (Wildman–Crippen LogP) is 0.684. The van der Waals surface area contributed by atoms with Gasteiger partial charge in [0.2, 0.25) is 15.9 Å². The van der Waals surface area contributed by atoms with Crippen LogP contribution in [0, 0.1) is 13.8 Å². The number of nitrogens with one attached hydrogen (secondary N) is 1. The largest absolute Gasteiger partial charge is 0.341 e. The summed E-state index contributed by atoms with van der Waals surface area (Å²) in [6.45, 7) is 4.66. The van der Waals surface area contributed by atoms with E-state index < -0.39 is 10.0 Å². The van der Waals surface area contributed by atoms with Gasteiger partial charge >= 0.3 is 6.03 Å². The minimum Gasteiger partial charge on any atom is -0.341 e. The summed E-state index contributed by atoms with van der Waals surface area (Å²) in [6, 6.07) is -0.410. The first-order valence-corrected chi connectivity index (χ1v) is 11.0. The monoisotopic (exact) mass is 423 g/mol. The second-order valence-electron chi connectivity index (χ2n) is 7.54. The molecule has 2 amide bonds. The number of carbonyl (C=O) groups excluding carboxylic acids is 1. The van der Waals surface area contributed by atoms with Crippen LogP contribution < -0.4 is 5.32 Å². The van der Waals surface area contributed by atoms with Gasteiger partial charge in [-0.3, -0.25) is 4.68 Å². The normalized spacial score (nSPS) is 20.8. The zero-order chi connectivity index (χ0) is 20.9. The summed E-state index contributed by atoms with van der Waals surface area (Å²) in [5, 5.41) is 10.9. The summed E-state index contributed by atoms with van der Waals surface area (Å²) in [6.07, 6.45) is 1.63. The molecule has 158 valence electrons. The molecule has 2 aromatic rings. The van der Waals surface area contributed by atoms with Gasteiger partial charge in [-0.2, -0.15) is 14.4 Å². The number of sulfonamides is 1. The fourth-order valence-electron chi connectivity index (χ4n) is 4.01. The molecular formula is C17H25N7O4S. The third-order valence-electron chi connectivity index (χ3n) is 5.72. The molecular weight excluding hydrogens is 398 g/mol. The van der Waals surface area contributed by atoms with Crippen molar-refractivity contribution in [3.05, 3.63) is 23.1 Å². The predicted molar refractivity (Wildman–Crippen MR) is 102 cm³/mol. The van der Waals surface area contributed by atoms with Gasteiger partial charge in [0.05, 0.1) is 17.3 Å². The molecule has 12 heteroatoms. The maximum absolute atomic E-state index is 13.0. The van der Waals surface area contributed by atoms with Gasteiger partial charge in [-0.15, -0.1) is 0 Å². The Kier molecular flexibility index (Phi) is 4.85. The van der Waals surface area contributed by atoms with Crippen LogP contribution >= 0.6 is 0 Å². The molecule has 2 aliphatic rings. The molecule has 0 aromatic carbocycles. The molecule has 2 aromatic heterocycles. The van der Waals surface area contributed by atoms with Crippen LogP contribution in [0.4, 0.5) is 4.79 Å². The van der Waals surface area contributed by atoms with E-state index in [0.29, 0.717) is 42.7 Å². The lowest BCUT2D eigenvalue weighted by molar-refractivity contribution is 0.182. The Bertz CT molecular complexity index is 1040. The van der Waals surface area contributed by atoms with Crippen LogP contribution in [0.15, 0.2) is 9.42 Å². The fraction of sp³-hybridized carbons (Fsp3) is 0.647. The standard InChI is InChI=1S/C17H25N7O4S/c1-10-14(11(2)22(4)20-10)29(26,27)23-8-12(9-23)15-19-16(28-21-15)13-6-5-7-24(13)17(25)18-3/h12-13H,5-9H2,1-4H3,(H,18,25). The highest BCUT2D eigenvalue weighted by Gasteiger charge is 2.42. The quantitative estimate of drug-likeness (QED) is 0.766. The van der Waals surface area contributed by atoms with Crippen molar-refractivity contribution in [3.63, 3.8) is 0 Å². The number of amides is 2. The first kappa shape index (κ1) is 19.8. The summed E-state index contributed by atoms with van der Waals surface area (Å²) in [5.74, 6) is 0.755. The van der Waals surface area contributed by atoms with E-state index in [1.54, 1.807) is 37.5 Å². The van der Waals surface area contributed by atoms with Gasteiger partial charge in [0, 0.05) is 33.7 Å². The van der Waals surface area contributed by atoms with Crippen molar-refractivity contribution in [3.8, 4) is 0 Å². The molecule has 0 bridgehead atoms. The lowest BCUT2D eigenvalue weighted by Gasteiger charge is -2.36. The van der Waals surface area contributed by atoms with Crippen LogP contribution in [0.25, 0.3) is 0 Å². The molecule has 0 saturated carbocycles. The number of aryl methyl sites for hydroxylation is 2. The van der Waals surface area contributed by atoms with Crippen LogP contribution in [0.5, 0.6) is 0 Å². The first-order valence-electron chi connectivity index (χ1n) is 9.56. The van der Waals surface area contributed by atoms with Crippen molar-refractivity contribution in [2.45, 2.75) is 43.5 Å². The Labute approximate surface area is 169 Å². The van der Waals surface area contributed by atoms with E-state index in [2.05, 4.69) is 20.6 Å². The van der Waals surface area contributed by atoms with Crippen LogP contribution in [-0.2, 0) is 17.1 Å². The van der Waals surface area contributed by atoms with E-state index in [1.165, 1.54) is 4.31 Å². The molecule has 1 atom stereocenters. The zero-order valence-electron chi connectivity index (χ0n) is 16.9. The summed E-state index contributed by atoms with van der Waals surface area (Å²) < 4.78 is 34.3. The van der Waals surface area contributed by atoms with Crippen molar-refractivity contribution < 1.29 is 17.7 Å². The van der Waals surface area contributed by atoms with Crippen LogP contribution in [0.3, 0.4) is 0 Å². The van der Waals surface area contributed by atoms with E-state index in [0.717, 1.165) is 12.8 Å². The third kappa shape index (κ3) is 3.19. The second kappa shape index (κ2) is 7.10. The Hall–Kier alpha value is -2.47. The number of aromatic nitrogens is 4. The van der Waals surface area contributed by atoms with Gasteiger partial charge in [0.25, 0.3) is 0 Å². The van der Waals surface area contributed by atoms with Gasteiger partial charge in [-0.05, 0) is 26.7 Å². The highest BCUT2D eigenvalue weighted by Crippen LogP contribution is 2.35. The van der Waals surface area contributed by atoms with Gasteiger partial charge in [0.1, 0.15) is 10.9 Å². The van der Waals surface area contributed by atoms with E-state index in [-0.39, 0.29) is 22.9 Å². The lowest BCUT2D eigenvalue weighted by atomic mass is 10.0. The van der Waals surface area contributed by atoms with Gasteiger partial charge in [-0.25, -0.2) is 13.2 Å². The van der Waals surface area contributed by atoms with Crippen molar-refractivity contribution in [2.24, 2.45) is 7.05 Å². The molecule has 4 rings (SSSR count). The lowest BCUT2D eigenvalue weighted by Crippen LogP contribution is -2.48. The van der Waals surface area contributed by atoms with E-state index in [4.69, 9.17) is 4.52 Å². The summed E-state index contributed by atoms with van der Waals surface area (Å²) >= 11 is 0. The topological polar surface area (TPSA) is 126 Å². The number of hydrogen-bond acceptors (Lipinski definition) is 7. The number of nitrogens with zero attached hydrogens (tertiary/aromatic N) is 6. The SMILES string of the molecule is CNC(=O)N1CCCC1c1nc(C2CN(S(=O)(=O)c3c(C)nn(C)c3C)C2)no1. The number of hydrogen-bond donors (Lipinski definition) is 1. The van der Waals surface area contributed by atoms with Gasteiger partial charge in [0.15, 0.2) is 5.82 Å². The average Bonchev–Trinajstić information content (AvgIpc) is 3.32. The molecule has 1 unspecified atom stereocenters. The molecule has 4 heterocycles. The smallest absolute Gasteiger partial charge is 0.317 e. The minimum absolute atomic E-state index is 0.130. The summed E-state index contributed by atoms with van der Waals surface area (Å²) in [4.78, 5) is 18.4. The van der Waals surface area contributed by atoms with Crippen LogP contribution in [-0.4, -0.2) is 70.3 Å². The third-order valence-corrected chi connectivity index (χ3v) is 7.81. The van der Waals surface area contributed by atoms with Crippen LogP contribution in [0.2, 0.25) is 0 Å². The summed E-state index contributed by atoms with van der Waals surface area (Å²) in [5.41, 5.74) is 1.11. The van der Waals surface area contributed by atoms with Crippen LogP contribution in [0.1, 0.15) is 47.9 Å². The molecule has 0 radical (unpaired) electrons. The average molecular weight is 423 g/mol. The van der Waals surface area contributed by atoms with Crippen molar-refractivity contribution in [1.29, 1.82) is 0 Å². The number of carbonyl (C=O) groups is 1. The Morgan fingerprint density at radius 1 is 1.28 bits per heavy atom. The maximum Gasteiger partial charge on any atom is 0.317 e. The molecule has 1 N–H and O–H groups in total. The Morgan fingerprint density at radius 3 is 2.62 bits per heavy atom. The zero-order valence-corrected chi connectivity index (χ0v) is 17.7. The summed E-state index contributed by atoms with van der Waals surface area (Å²) in [7, 11) is -0.296. The Balaban J connectivity index is 1.46. The van der Waals surface area contributed by atoms with E-state index in [1.807, 2.05) is 0 Å². The molecule has 2 aliphatic heterocycles. The molecule has 11 nitrogen and oxygen atoms in total. The first-order chi connectivity index (χ1) is 13.7. The highest BCUT2D eigenvalue weighted by atomic mass is 32.2. The number of rotatable bonds is 4.